The topological polar surface area (TPSA) is 98.4 Å². The molecule has 44 heavy (non-hydrogen) atoms. The highest BCUT2D eigenvalue weighted by molar-refractivity contribution is 7.87. The highest BCUT2D eigenvalue weighted by Gasteiger charge is 2.31. The molecule has 0 aliphatic rings. The Kier molecular flexibility index (Phi) is 7.79. The maximum atomic E-state index is 15.4. The molecule has 0 radical (unpaired) electrons. The van der Waals surface area contributed by atoms with Crippen LogP contribution >= 0.6 is 0 Å². The molecule has 0 N–H and O–H groups in total. The van der Waals surface area contributed by atoms with Crippen LogP contribution in [0.4, 0.5) is 30.7 Å². The van der Waals surface area contributed by atoms with Crippen LogP contribution in [0.5, 0.6) is 11.5 Å². The van der Waals surface area contributed by atoms with E-state index in [1.165, 1.54) is 12.1 Å². The van der Waals surface area contributed by atoms with E-state index in [0.29, 0.717) is 0 Å². The average molecular weight is 634 g/mol. The third-order valence-corrected chi connectivity index (χ3v) is 7.45. The first-order chi connectivity index (χ1) is 20.8. The van der Waals surface area contributed by atoms with Gasteiger partial charge >= 0.3 is 10.1 Å². The smallest absolute Gasteiger partial charge is 0.339 e. The zero-order chi connectivity index (χ0) is 31.9. The van der Waals surface area contributed by atoms with Crippen molar-refractivity contribution >= 4 is 21.0 Å². The maximum absolute atomic E-state index is 15.4. The van der Waals surface area contributed by atoms with Crippen molar-refractivity contribution in [2.24, 2.45) is 0 Å². The molecule has 0 saturated heterocycles. The van der Waals surface area contributed by atoms with Crippen molar-refractivity contribution < 1.29 is 48.1 Å². The van der Waals surface area contributed by atoms with Crippen LogP contribution in [0.1, 0.15) is 0 Å². The molecule has 0 amide bonds. The van der Waals surface area contributed by atoms with Crippen LogP contribution in [0.2, 0.25) is 0 Å². The van der Waals surface area contributed by atoms with E-state index in [0.717, 1.165) is 59.2 Å². The minimum atomic E-state index is -5.22. The van der Waals surface area contributed by atoms with Gasteiger partial charge in [-0.3, -0.25) is 9.36 Å². The summed E-state index contributed by atoms with van der Waals surface area (Å²) in [6.07, 6.45) is 0. The number of ether oxygens (including phenoxy) is 1. The number of nitrogens with zero attached hydrogens (tertiary/aromatic N) is 2. The molecule has 0 spiro atoms. The molecule has 7 nitrogen and oxygen atoms in total. The number of nitriles is 1. The Bertz CT molecular complexity index is 2170. The zero-order valence-electron chi connectivity index (χ0n) is 21.5. The molecule has 4 aromatic carbocycles. The van der Waals surface area contributed by atoms with Crippen molar-refractivity contribution in [3.8, 4) is 34.4 Å². The van der Waals surface area contributed by atoms with Crippen molar-refractivity contribution in [3.05, 3.63) is 118 Å². The zero-order valence-corrected chi connectivity index (χ0v) is 22.4. The molecular formula is C29H13F7N2O5S. The first kappa shape index (κ1) is 30.1. The molecule has 5 rings (SSSR count). The molecule has 224 valence electrons. The van der Waals surface area contributed by atoms with Gasteiger partial charge in [-0.25, -0.2) is 22.0 Å². The SMILES string of the molecule is N#CCOc1cc(-c2cccc(F)c2)c(F)cc1-n1c(=O)ccc2cc(S(=O)(=O)Oc3c(F)c(F)c(F)c(F)c3F)ccc21. The monoisotopic (exact) mass is 634 g/mol. The lowest BCUT2D eigenvalue weighted by Crippen LogP contribution is -2.19. The lowest BCUT2D eigenvalue weighted by atomic mass is 10.0. The van der Waals surface area contributed by atoms with Crippen LogP contribution in [0.25, 0.3) is 27.7 Å². The van der Waals surface area contributed by atoms with E-state index < -0.39 is 73.6 Å². The van der Waals surface area contributed by atoms with E-state index in [1.807, 2.05) is 0 Å². The molecule has 0 atom stereocenters. The highest BCUT2D eigenvalue weighted by Crippen LogP contribution is 2.35. The van der Waals surface area contributed by atoms with E-state index in [9.17, 15) is 39.6 Å². The molecule has 0 aliphatic carbocycles. The summed E-state index contributed by atoms with van der Waals surface area (Å²) in [5.74, 6) is -16.2. The van der Waals surface area contributed by atoms with Gasteiger partial charge in [-0.15, -0.1) is 0 Å². The first-order valence-electron chi connectivity index (χ1n) is 12.1. The Morgan fingerprint density at radius 3 is 2.14 bits per heavy atom. The van der Waals surface area contributed by atoms with E-state index in [-0.39, 0.29) is 33.5 Å². The van der Waals surface area contributed by atoms with Gasteiger partial charge in [-0.05, 0) is 48.0 Å². The molecule has 0 bridgehead atoms. The van der Waals surface area contributed by atoms with Crippen molar-refractivity contribution in [2.75, 3.05) is 6.61 Å². The number of benzene rings is 4. The summed E-state index contributed by atoms with van der Waals surface area (Å²) in [6, 6.07) is 13.5. The van der Waals surface area contributed by atoms with Crippen molar-refractivity contribution in [2.45, 2.75) is 4.90 Å². The molecule has 15 heteroatoms. The molecule has 0 aliphatic heterocycles. The summed E-state index contributed by atoms with van der Waals surface area (Å²) < 4.78 is 134. The minimum absolute atomic E-state index is 0.0486. The molecule has 0 unspecified atom stereocenters. The van der Waals surface area contributed by atoms with E-state index in [4.69, 9.17) is 10.00 Å². The van der Waals surface area contributed by atoms with Gasteiger partial charge in [0.2, 0.25) is 34.8 Å². The number of halogens is 7. The molecule has 1 aromatic heterocycles. The summed E-state index contributed by atoms with van der Waals surface area (Å²) >= 11 is 0. The number of fused-ring (bicyclic) bond motifs is 1. The second-order valence-electron chi connectivity index (χ2n) is 8.92. The van der Waals surface area contributed by atoms with E-state index in [2.05, 4.69) is 4.18 Å². The number of aromatic nitrogens is 1. The number of rotatable bonds is 7. The largest absolute Gasteiger partial charge is 0.477 e. The van der Waals surface area contributed by atoms with Gasteiger partial charge in [0.05, 0.1) is 11.2 Å². The predicted octanol–water partition coefficient (Wildman–Crippen LogP) is 6.30. The molecule has 5 aromatic rings. The maximum Gasteiger partial charge on any atom is 0.339 e. The first-order valence-corrected chi connectivity index (χ1v) is 13.5. The fraction of sp³-hybridized carbons (Fsp3) is 0.0345. The summed E-state index contributed by atoms with van der Waals surface area (Å²) in [7, 11) is -5.22. The quantitative estimate of drug-likeness (QED) is 0.0902. The van der Waals surface area contributed by atoms with Gasteiger partial charge in [-0.2, -0.15) is 22.5 Å². The second-order valence-corrected chi connectivity index (χ2v) is 10.5. The Hall–Kier alpha value is -5.36. The fourth-order valence-electron chi connectivity index (χ4n) is 4.26. The fourth-order valence-corrected chi connectivity index (χ4v) is 5.23. The van der Waals surface area contributed by atoms with Crippen LogP contribution in [0, 0.1) is 52.1 Å². The average Bonchev–Trinajstić information content (AvgIpc) is 3.00. The van der Waals surface area contributed by atoms with Gasteiger partial charge in [0, 0.05) is 23.1 Å². The van der Waals surface area contributed by atoms with E-state index >= 15 is 4.39 Å². The van der Waals surface area contributed by atoms with Crippen LogP contribution < -0.4 is 14.5 Å². The van der Waals surface area contributed by atoms with Gasteiger partial charge < -0.3 is 8.92 Å². The van der Waals surface area contributed by atoms with Crippen LogP contribution in [-0.2, 0) is 10.1 Å². The number of pyridine rings is 1. The molecule has 0 fully saturated rings. The Morgan fingerprint density at radius 1 is 0.795 bits per heavy atom. The lowest BCUT2D eigenvalue weighted by Gasteiger charge is -2.17. The number of hydrogen-bond acceptors (Lipinski definition) is 6. The van der Waals surface area contributed by atoms with Gasteiger partial charge in [0.25, 0.3) is 5.56 Å². The third kappa shape index (κ3) is 5.31. The Balaban J connectivity index is 1.64. The highest BCUT2D eigenvalue weighted by atomic mass is 32.2. The van der Waals surface area contributed by atoms with Crippen LogP contribution in [0.15, 0.2) is 76.4 Å². The molecule has 0 saturated carbocycles. The summed E-state index contributed by atoms with van der Waals surface area (Å²) in [6.45, 7) is -0.543. The van der Waals surface area contributed by atoms with Gasteiger partial charge in [0.1, 0.15) is 28.3 Å². The summed E-state index contributed by atoms with van der Waals surface area (Å²) in [4.78, 5) is 12.2. The van der Waals surface area contributed by atoms with Crippen LogP contribution in [0.3, 0.4) is 0 Å². The Labute approximate surface area is 242 Å². The minimum Gasteiger partial charge on any atom is -0.477 e. The molecule has 1 heterocycles. The third-order valence-electron chi connectivity index (χ3n) is 6.23. The normalized spacial score (nSPS) is 11.4. The second kappa shape index (κ2) is 11.4. The van der Waals surface area contributed by atoms with Crippen molar-refractivity contribution in [1.29, 1.82) is 5.26 Å². The number of hydrogen-bond donors (Lipinski definition) is 0. The lowest BCUT2D eigenvalue weighted by molar-refractivity contribution is 0.346. The van der Waals surface area contributed by atoms with Crippen LogP contribution in [-0.4, -0.2) is 19.6 Å². The summed E-state index contributed by atoms with van der Waals surface area (Å²) in [5, 5.41) is 8.99. The predicted molar refractivity (Wildman–Crippen MR) is 140 cm³/mol. The van der Waals surface area contributed by atoms with Gasteiger partial charge in [0.15, 0.2) is 6.61 Å². The van der Waals surface area contributed by atoms with Crippen molar-refractivity contribution in [1.82, 2.24) is 4.57 Å². The van der Waals surface area contributed by atoms with Crippen molar-refractivity contribution in [3.63, 3.8) is 0 Å². The van der Waals surface area contributed by atoms with Gasteiger partial charge in [-0.1, -0.05) is 12.1 Å². The van der Waals surface area contributed by atoms with E-state index in [1.54, 1.807) is 6.07 Å². The Morgan fingerprint density at radius 2 is 1.48 bits per heavy atom. The summed E-state index contributed by atoms with van der Waals surface area (Å²) in [5.41, 5.74) is -1.09. The molecular weight excluding hydrogens is 621 g/mol. The standard InChI is InChI=1S/C29H13F7N2O5S/c30-16-3-1-2-14(10-16)18-12-22(42-9-8-37)21(13-19(18)31)38-20-6-5-17(11-15(20)4-7-23(38)39)44(40,41)43-29-27(35)25(33)24(32)26(34)28(29)36/h1-7,10-13H,9H2.